The number of hydrogen-bond donors (Lipinski definition) is 3. The highest BCUT2D eigenvalue weighted by molar-refractivity contribution is 6.32. The number of H-pyrrole nitrogens is 1. The molecule has 26 heavy (non-hydrogen) atoms. The molecule has 0 aliphatic rings. The number of pyridine rings is 1. The van der Waals surface area contributed by atoms with E-state index in [0.29, 0.717) is 21.9 Å². The number of nitrogens with two attached hydrogens (primary N) is 1. The van der Waals surface area contributed by atoms with Crippen molar-refractivity contribution in [1.29, 1.82) is 0 Å². The molecule has 0 aliphatic heterocycles. The zero-order valence-corrected chi connectivity index (χ0v) is 15.1. The van der Waals surface area contributed by atoms with E-state index in [9.17, 15) is 9.59 Å². The first-order valence-corrected chi connectivity index (χ1v) is 8.05. The normalized spacial score (nSPS) is 12.2. The SMILES string of the molecule is COc1cc2[nH]c(=O)c([C@H](C)Nc3nc(C(N)=O)n(C)n3)cc2cc1Cl. The van der Waals surface area contributed by atoms with Crippen LogP contribution in [-0.2, 0) is 7.05 Å². The maximum Gasteiger partial charge on any atom is 0.286 e. The van der Waals surface area contributed by atoms with Crippen LogP contribution in [0.1, 0.15) is 29.1 Å². The first-order valence-electron chi connectivity index (χ1n) is 7.68. The molecule has 1 atom stereocenters. The van der Waals surface area contributed by atoms with Crippen molar-refractivity contribution in [3.05, 3.63) is 45.0 Å². The first-order chi connectivity index (χ1) is 12.3. The fourth-order valence-electron chi connectivity index (χ4n) is 2.63. The van der Waals surface area contributed by atoms with Crippen LogP contribution >= 0.6 is 11.6 Å². The van der Waals surface area contributed by atoms with E-state index in [1.165, 1.54) is 11.8 Å². The minimum atomic E-state index is -0.687. The van der Waals surface area contributed by atoms with Gasteiger partial charge in [0, 0.05) is 24.1 Å². The second kappa shape index (κ2) is 6.68. The number of carbonyl (C=O) groups excluding carboxylic acids is 1. The summed E-state index contributed by atoms with van der Waals surface area (Å²) < 4.78 is 6.43. The molecule has 0 fully saturated rings. The highest BCUT2D eigenvalue weighted by Crippen LogP contribution is 2.29. The molecule has 0 saturated carbocycles. The zero-order chi connectivity index (χ0) is 19.0. The molecule has 0 aliphatic carbocycles. The van der Waals surface area contributed by atoms with Gasteiger partial charge in [0.25, 0.3) is 11.5 Å². The molecule has 10 heteroatoms. The third-order valence-corrected chi connectivity index (χ3v) is 4.24. The van der Waals surface area contributed by atoms with Gasteiger partial charge in [0.15, 0.2) is 0 Å². The van der Waals surface area contributed by atoms with Gasteiger partial charge in [-0.3, -0.25) is 9.59 Å². The highest BCUT2D eigenvalue weighted by Gasteiger charge is 2.17. The topological polar surface area (TPSA) is 128 Å². The number of nitrogens with one attached hydrogen (secondary N) is 2. The van der Waals surface area contributed by atoms with Gasteiger partial charge < -0.3 is 20.8 Å². The molecular formula is C16H17ClN6O3. The number of carbonyl (C=O) groups is 1. The summed E-state index contributed by atoms with van der Waals surface area (Å²) in [5.41, 5.74) is 6.03. The molecule has 1 amide bonds. The lowest BCUT2D eigenvalue weighted by molar-refractivity contribution is 0.0986. The smallest absolute Gasteiger partial charge is 0.286 e. The fraction of sp³-hybridized carbons (Fsp3) is 0.250. The van der Waals surface area contributed by atoms with E-state index in [1.54, 1.807) is 32.2 Å². The second-order valence-corrected chi connectivity index (χ2v) is 6.15. The molecule has 0 unspecified atom stereocenters. The molecule has 2 aromatic heterocycles. The van der Waals surface area contributed by atoms with Crippen LogP contribution in [0.5, 0.6) is 5.75 Å². The number of methoxy groups -OCH3 is 1. The number of aryl methyl sites for hydroxylation is 1. The number of fused-ring (bicyclic) bond motifs is 1. The summed E-state index contributed by atoms with van der Waals surface area (Å²) in [4.78, 5) is 30.5. The van der Waals surface area contributed by atoms with Crippen LogP contribution in [0.4, 0.5) is 5.95 Å². The predicted molar refractivity (Wildman–Crippen MR) is 97.7 cm³/mol. The van der Waals surface area contributed by atoms with Crippen LogP contribution in [-0.4, -0.2) is 32.8 Å². The lowest BCUT2D eigenvalue weighted by Crippen LogP contribution is -2.20. The van der Waals surface area contributed by atoms with E-state index >= 15 is 0 Å². The van der Waals surface area contributed by atoms with Gasteiger partial charge in [-0.25, -0.2) is 4.68 Å². The number of ether oxygens (including phenoxy) is 1. The van der Waals surface area contributed by atoms with Crippen LogP contribution in [0.2, 0.25) is 5.02 Å². The lowest BCUT2D eigenvalue weighted by Gasteiger charge is -2.13. The number of primary amides is 1. The van der Waals surface area contributed by atoms with Gasteiger partial charge in [-0.1, -0.05) is 11.6 Å². The maximum atomic E-state index is 12.4. The molecule has 3 rings (SSSR count). The largest absolute Gasteiger partial charge is 0.495 e. The summed E-state index contributed by atoms with van der Waals surface area (Å²) in [5, 5.41) is 8.25. The van der Waals surface area contributed by atoms with Gasteiger partial charge in [0.05, 0.1) is 23.7 Å². The standard InChI is InChI=1S/C16H17ClN6O3/c1-7(19-16-21-14(13(18)24)23(2)22-16)9-4-8-5-10(17)12(26-3)6-11(8)20-15(9)25/h4-7H,1-3H3,(H2,18,24)(H,19,22)(H,20,25)/t7-/m0/s1. The van der Waals surface area contributed by atoms with Crippen molar-refractivity contribution in [3.8, 4) is 5.75 Å². The summed E-state index contributed by atoms with van der Waals surface area (Å²) in [5.74, 6) is 0.00492. The molecule has 0 bridgehead atoms. The Hall–Kier alpha value is -3.07. The Labute approximate surface area is 153 Å². The van der Waals surface area contributed by atoms with Gasteiger partial charge in [-0.05, 0) is 19.1 Å². The Bertz CT molecular complexity index is 1060. The maximum absolute atomic E-state index is 12.4. The van der Waals surface area contributed by atoms with Crippen molar-refractivity contribution >= 4 is 34.4 Å². The minimum Gasteiger partial charge on any atom is -0.495 e. The van der Waals surface area contributed by atoms with Gasteiger partial charge in [-0.15, -0.1) is 5.10 Å². The fourth-order valence-corrected chi connectivity index (χ4v) is 2.88. The van der Waals surface area contributed by atoms with Gasteiger partial charge in [0.2, 0.25) is 11.8 Å². The van der Waals surface area contributed by atoms with E-state index in [4.69, 9.17) is 22.1 Å². The Balaban J connectivity index is 1.96. The summed E-state index contributed by atoms with van der Waals surface area (Å²) >= 11 is 6.16. The number of nitrogens with zero attached hydrogens (tertiary/aromatic N) is 3. The number of hydrogen-bond acceptors (Lipinski definition) is 6. The number of aromatic nitrogens is 4. The zero-order valence-electron chi connectivity index (χ0n) is 14.3. The number of anilines is 1. The predicted octanol–water partition coefficient (Wildman–Crippen LogP) is 1.59. The Morgan fingerprint density at radius 3 is 2.77 bits per heavy atom. The number of aromatic amines is 1. The Morgan fingerprint density at radius 1 is 1.42 bits per heavy atom. The van der Waals surface area contributed by atoms with Crippen molar-refractivity contribution in [2.24, 2.45) is 12.8 Å². The molecule has 0 saturated heterocycles. The summed E-state index contributed by atoms with van der Waals surface area (Å²) in [6, 6.07) is 4.69. The molecule has 0 spiro atoms. The summed E-state index contributed by atoms with van der Waals surface area (Å²) in [6.07, 6.45) is 0. The molecule has 0 radical (unpaired) electrons. The van der Waals surface area contributed by atoms with Crippen molar-refractivity contribution < 1.29 is 9.53 Å². The number of benzene rings is 1. The van der Waals surface area contributed by atoms with Crippen molar-refractivity contribution in [1.82, 2.24) is 19.7 Å². The van der Waals surface area contributed by atoms with Crippen molar-refractivity contribution in [3.63, 3.8) is 0 Å². The third-order valence-electron chi connectivity index (χ3n) is 3.94. The molecule has 2 heterocycles. The van der Waals surface area contributed by atoms with Crippen LogP contribution in [0.25, 0.3) is 10.9 Å². The average Bonchev–Trinajstić information content (AvgIpc) is 2.94. The Kier molecular flexibility index (Phi) is 4.56. The number of halogens is 1. The van der Waals surface area contributed by atoms with E-state index in [1.807, 2.05) is 0 Å². The lowest BCUT2D eigenvalue weighted by atomic mass is 10.1. The monoisotopic (exact) mass is 376 g/mol. The van der Waals surface area contributed by atoms with Crippen LogP contribution < -0.4 is 21.3 Å². The molecule has 4 N–H and O–H groups in total. The van der Waals surface area contributed by atoms with E-state index in [-0.39, 0.29) is 17.3 Å². The number of amides is 1. The van der Waals surface area contributed by atoms with E-state index < -0.39 is 11.9 Å². The van der Waals surface area contributed by atoms with E-state index in [2.05, 4.69) is 20.4 Å². The molecule has 1 aromatic carbocycles. The molecule has 9 nitrogen and oxygen atoms in total. The molecular weight excluding hydrogens is 360 g/mol. The third kappa shape index (κ3) is 3.21. The molecule has 3 aromatic rings. The summed E-state index contributed by atoms with van der Waals surface area (Å²) in [6.45, 7) is 1.78. The quantitative estimate of drug-likeness (QED) is 0.620. The second-order valence-electron chi connectivity index (χ2n) is 5.74. The average molecular weight is 377 g/mol. The van der Waals surface area contributed by atoms with Crippen molar-refractivity contribution in [2.75, 3.05) is 12.4 Å². The minimum absolute atomic E-state index is 0.0194. The van der Waals surface area contributed by atoms with Crippen LogP contribution in [0.3, 0.4) is 0 Å². The van der Waals surface area contributed by atoms with Crippen LogP contribution in [0.15, 0.2) is 23.0 Å². The first kappa shape index (κ1) is 17.7. The van der Waals surface area contributed by atoms with Gasteiger partial charge in [0.1, 0.15) is 5.75 Å². The highest BCUT2D eigenvalue weighted by atomic mass is 35.5. The Morgan fingerprint density at radius 2 is 2.15 bits per heavy atom. The molecule has 136 valence electrons. The van der Waals surface area contributed by atoms with Gasteiger partial charge in [-0.2, -0.15) is 4.98 Å². The van der Waals surface area contributed by atoms with Crippen molar-refractivity contribution in [2.45, 2.75) is 13.0 Å². The summed E-state index contributed by atoms with van der Waals surface area (Å²) in [7, 11) is 3.06. The van der Waals surface area contributed by atoms with Crippen LogP contribution in [0, 0.1) is 0 Å². The van der Waals surface area contributed by atoms with E-state index in [0.717, 1.165) is 5.39 Å². The number of rotatable bonds is 5. The van der Waals surface area contributed by atoms with Gasteiger partial charge >= 0.3 is 0 Å².